The summed E-state index contributed by atoms with van der Waals surface area (Å²) in [6, 6.07) is 10.6. The average Bonchev–Trinajstić information content (AvgIpc) is 2.99. The van der Waals surface area contributed by atoms with Crippen molar-refractivity contribution in [1.82, 2.24) is 0 Å². The maximum Gasteiger partial charge on any atom is 0.00117 e. The van der Waals surface area contributed by atoms with Gasteiger partial charge in [-0.3, -0.25) is 0 Å². The Bertz CT molecular complexity index is 324. The van der Waals surface area contributed by atoms with Crippen LogP contribution in [0.15, 0.2) is 48.2 Å². The maximum absolute atomic E-state index is 3.76. The molecular formula is C13H14. The van der Waals surface area contributed by atoms with Crippen LogP contribution in [0, 0.1) is 5.92 Å². The predicted molar refractivity (Wildman–Crippen MR) is 55.5 cm³/mol. The molecule has 0 heterocycles. The summed E-state index contributed by atoms with van der Waals surface area (Å²) >= 11 is 0. The van der Waals surface area contributed by atoms with Gasteiger partial charge in [0, 0.05) is 6.42 Å². The molecule has 1 aromatic carbocycles. The van der Waals surface area contributed by atoms with Crippen LogP contribution >= 0.6 is 0 Å². The Hall–Kier alpha value is -1.26. The van der Waals surface area contributed by atoms with Gasteiger partial charge >= 0.3 is 0 Å². The molecule has 66 valence electrons. The molecule has 0 unspecified atom stereocenters. The van der Waals surface area contributed by atoms with Gasteiger partial charge in [-0.15, -0.1) is 5.73 Å². The van der Waals surface area contributed by atoms with Crippen LogP contribution in [0.1, 0.15) is 18.4 Å². The molecule has 0 heteroatoms. The minimum atomic E-state index is 0.790. The van der Waals surface area contributed by atoms with Crippen molar-refractivity contribution >= 4 is 0 Å². The lowest BCUT2D eigenvalue weighted by Crippen LogP contribution is -1.90. The van der Waals surface area contributed by atoms with E-state index in [-0.39, 0.29) is 0 Å². The van der Waals surface area contributed by atoms with Gasteiger partial charge in [0.1, 0.15) is 0 Å². The zero-order valence-corrected chi connectivity index (χ0v) is 7.79. The van der Waals surface area contributed by atoms with Crippen molar-refractivity contribution in [3.8, 4) is 0 Å². The van der Waals surface area contributed by atoms with Gasteiger partial charge in [-0.1, -0.05) is 36.9 Å². The molecule has 0 nitrogen and oxygen atoms in total. The Morgan fingerprint density at radius 2 is 2.00 bits per heavy atom. The van der Waals surface area contributed by atoms with Crippen molar-refractivity contribution in [2.24, 2.45) is 5.92 Å². The second-order valence-electron chi connectivity index (χ2n) is 3.64. The van der Waals surface area contributed by atoms with E-state index >= 15 is 0 Å². The second kappa shape index (κ2) is 3.64. The van der Waals surface area contributed by atoms with E-state index in [9.17, 15) is 0 Å². The van der Waals surface area contributed by atoms with E-state index in [0.29, 0.717) is 0 Å². The Kier molecular flexibility index (Phi) is 2.33. The zero-order valence-electron chi connectivity index (χ0n) is 7.79. The normalized spacial score (nSPS) is 15.1. The molecule has 1 aliphatic rings. The summed E-state index contributed by atoms with van der Waals surface area (Å²) in [6.07, 6.45) is 3.71. The number of benzene rings is 1. The van der Waals surface area contributed by atoms with Gasteiger partial charge in [-0.2, -0.15) is 0 Å². The molecule has 1 aliphatic carbocycles. The first-order valence-corrected chi connectivity index (χ1v) is 4.83. The van der Waals surface area contributed by atoms with Crippen LogP contribution in [0.4, 0.5) is 0 Å². The Balaban J connectivity index is 2.08. The summed E-state index contributed by atoms with van der Waals surface area (Å²) in [5.74, 6) is 0.790. The smallest absolute Gasteiger partial charge is 0.00117 e. The molecule has 1 aromatic rings. The summed E-state index contributed by atoms with van der Waals surface area (Å²) in [5.41, 5.74) is 5.85. The first-order valence-electron chi connectivity index (χ1n) is 4.83. The van der Waals surface area contributed by atoms with E-state index in [1.165, 1.54) is 24.0 Å². The molecule has 0 radical (unpaired) electrons. The fourth-order valence-electron chi connectivity index (χ4n) is 1.60. The molecule has 0 saturated heterocycles. The molecule has 0 aliphatic heterocycles. The highest BCUT2D eigenvalue weighted by Gasteiger charge is 2.25. The molecule has 0 amide bonds. The highest BCUT2D eigenvalue weighted by atomic mass is 14.3. The molecule has 0 bridgehead atoms. The fraction of sp³-hybridized carbons (Fsp3) is 0.308. The van der Waals surface area contributed by atoms with Gasteiger partial charge in [0.05, 0.1) is 0 Å². The van der Waals surface area contributed by atoms with Crippen LogP contribution in [0.2, 0.25) is 0 Å². The standard InChI is InChI=1S/C13H14/c1-2-12(13-8-9-13)10-11-6-4-3-5-7-11/h3-7,13H,1,8-10H2. The molecule has 13 heavy (non-hydrogen) atoms. The maximum atomic E-state index is 3.76. The molecular weight excluding hydrogens is 156 g/mol. The number of rotatable bonds is 3. The topological polar surface area (TPSA) is 0 Å². The Labute approximate surface area is 79.6 Å². The lowest BCUT2D eigenvalue weighted by molar-refractivity contribution is 0.938. The number of hydrogen-bond acceptors (Lipinski definition) is 0. The number of hydrogen-bond donors (Lipinski definition) is 0. The summed E-state index contributed by atoms with van der Waals surface area (Å²) in [5, 5.41) is 0. The van der Waals surface area contributed by atoms with E-state index in [2.05, 4.69) is 42.6 Å². The van der Waals surface area contributed by atoms with Crippen molar-refractivity contribution in [3.63, 3.8) is 0 Å². The summed E-state index contributed by atoms with van der Waals surface area (Å²) in [6.45, 7) is 3.76. The van der Waals surface area contributed by atoms with Crippen molar-refractivity contribution in [1.29, 1.82) is 0 Å². The lowest BCUT2D eigenvalue weighted by Gasteiger charge is -2.02. The zero-order chi connectivity index (χ0) is 9.10. The molecule has 1 saturated carbocycles. The first kappa shape index (κ1) is 8.34. The van der Waals surface area contributed by atoms with Crippen LogP contribution in [0.3, 0.4) is 0 Å². The highest BCUT2D eigenvalue weighted by molar-refractivity contribution is 5.24. The predicted octanol–water partition coefficient (Wildman–Crippen LogP) is 3.35. The second-order valence-corrected chi connectivity index (χ2v) is 3.64. The Morgan fingerprint density at radius 1 is 1.31 bits per heavy atom. The SMILES string of the molecule is C=C=C(Cc1ccccc1)C1CC1. The van der Waals surface area contributed by atoms with E-state index in [1.807, 2.05) is 0 Å². The monoisotopic (exact) mass is 170 g/mol. The third-order valence-electron chi connectivity index (χ3n) is 2.53. The van der Waals surface area contributed by atoms with E-state index in [0.717, 1.165) is 12.3 Å². The molecule has 0 N–H and O–H groups in total. The average molecular weight is 170 g/mol. The van der Waals surface area contributed by atoms with Gasteiger partial charge < -0.3 is 0 Å². The van der Waals surface area contributed by atoms with E-state index < -0.39 is 0 Å². The van der Waals surface area contributed by atoms with Crippen molar-refractivity contribution in [2.45, 2.75) is 19.3 Å². The van der Waals surface area contributed by atoms with Crippen LogP contribution in [0.25, 0.3) is 0 Å². The minimum absolute atomic E-state index is 0.790. The summed E-state index contributed by atoms with van der Waals surface area (Å²) < 4.78 is 0. The molecule has 0 spiro atoms. The van der Waals surface area contributed by atoms with Gasteiger partial charge in [-0.25, -0.2) is 0 Å². The first-order chi connectivity index (χ1) is 6.40. The van der Waals surface area contributed by atoms with Gasteiger partial charge in [0.25, 0.3) is 0 Å². The Morgan fingerprint density at radius 3 is 2.54 bits per heavy atom. The minimum Gasteiger partial charge on any atom is -0.129 e. The van der Waals surface area contributed by atoms with E-state index in [1.54, 1.807) is 0 Å². The van der Waals surface area contributed by atoms with Gasteiger partial charge in [0.15, 0.2) is 0 Å². The molecule has 2 rings (SSSR count). The van der Waals surface area contributed by atoms with Crippen LogP contribution in [-0.4, -0.2) is 0 Å². The quantitative estimate of drug-likeness (QED) is 0.610. The summed E-state index contributed by atoms with van der Waals surface area (Å²) in [4.78, 5) is 0. The third kappa shape index (κ3) is 2.11. The third-order valence-corrected chi connectivity index (χ3v) is 2.53. The van der Waals surface area contributed by atoms with Crippen molar-refractivity contribution < 1.29 is 0 Å². The van der Waals surface area contributed by atoms with Crippen molar-refractivity contribution in [2.75, 3.05) is 0 Å². The summed E-state index contributed by atoms with van der Waals surface area (Å²) in [7, 11) is 0. The van der Waals surface area contributed by atoms with Crippen LogP contribution in [0.5, 0.6) is 0 Å². The largest absolute Gasteiger partial charge is 0.129 e. The number of allylic oxidation sites excluding steroid dienone is 1. The highest BCUT2D eigenvalue weighted by Crippen LogP contribution is 2.37. The fourth-order valence-corrected chi connectivity index (χ4v) is 1.60. The van der Waals surface area contributed by atoms with Crippen LogP contribution in [-0.2, 0) is 6.42 Å². The van der Waals surface area contributed by atoms with Crippen LogP contribution < -0.4 is 0 Å². The van der Waals surface area contributed by atoms with Crippen molar-refractivity contribution in [3.05, 3.63) is 53.8 Å². The molecule has 0 aromatic heterocycles. The van der Waals surface area contributed by atoms with E-state index in [4.69, 9.17) is 0 Å². The lowest BCUT2D eigenvalue weighted by atomic mass is 10.0. The molecule has 0 atom stereocenters. The van der Waals surface area contributed by atoms with Gasteiger partial charge in [-0.05, 0) is 29.9 Å². The molecule has 1 fully saturated rings. The van der Waals surface area contributed by atoms with Gasteiger partial charge in [0.2, 0.25) is 0 Å².